The summed E-state index contributed by atoms with van der Waals surface area (Å²) in [7, 11) is -3.40. The Morgan fingerprint density at radius 2 is 1.81 bits per heavy atom. The first-order valence-corrected chi connectivity index (χ1v) is 6.40. The summed E-state index contributed by atoms with van der Waals surface area (Å²) in [5, 5.41) is 0. The quantitative estimate of drug-likeness (QED) is 0.785. The Morgan fingerprint density at radius 1 is 1.12 bits per heavy atom. The number of sulfone groups is 1. The molecule has 82 valence electrons. The highest BCUT2D eigenvalue weighted by molar-refractivity contribution is 7.95. The maximum Gasteiger partial charge on any atom is 0.207 e. The molecule has 0 spiro atoms. The van der Waals surface area contributed by atoms with Gasteiger partial charge in [0.2, 0.25) is 9.84 Å². The van der Waals surface area contributed by atoms with E-state index in [1.165, 1.54) is 6.08 Å². The van der Waals surface area contributed by atoms with Crippen molar-refractivity contribution in [3.63, 3.8) is 0 Å². The molecule has 0 bridgehead atoms. The molecule has 0 radical (unpaired) electrons. The second-order valence-electron chi connectivity index (χ2n) is 3.59. The van der Waals surface area contributed by atoms with Gasteiger partial charge in [-0.1, -0.05) is 43.5 Å². The molecule has 0 saturated carbocycles. The fourth-order valence-corrected chi connectivity index (χ4v) is 3.61. The molecule has 0 aromatic heterocycles. The van der Waals surface area contributed by atoms with E-state index in [1.54, 1.807) is 18.2 Å². The van der Waals surface area contributed by atoms with Crippen LogP contribution in [-0.2, 0) is 16.3 Å². The summed E-state index contributed by atoms with van der Waals surface area (Å²) in [6.45, 7) is 7.22. The molecule has 0 fully saturated rings. The third-order valence-corrected chi connectivity index (χ3v) is 4.67. The lowest BCUT2D eigenvalue weighted by atomic mass is 10.0. The van der Waals surface area contributed by atoms with E-state index >= 15 is 0 Å². The van der Waals surface area contributed by atoms with Crippen LogP contribution in [0, 0.1) is 0 Å². The minimum absolute atomic E-state index is 0.279. The standard InChI is InChI=1S/C13H12O2S/c1-3-10-9-11-7-5-6-8-13(11)16(14,15)12(10)4-2/h3-8H,1-2,9H2. The van der Waals surface area contributed by atoms with Crippen LogP contribution in [0.4, 0.5) is 0 Å². The van der Waals surface area contributed by atoms with Crippen LogP contribution in [0.5, 0.6) is 0 Å². The Bertz CT molecular complexity index is 592. The van der Waals surface area contributed by atoms with Crippen LogP contribution < -0.4 is 0 Å². The van der Waals surface area contributed by atoms with Gasteiger partial charge in [0, 0.05) is 6.42 Å². The van der Waals surface area contributed by atoms with Crippen LogP contribution in [0.1, 0.15) is 5.56 Å². The van der Waals surface area contributed by atoms with Crippen LogP contribution in [0.25, 0.3) is 0 Å². The Kier molecular flexibility index (Phi) is 2.56. The highest BCUT2D eigenvalue weighted by Crippen LogP contribution is 2.33. The molecule has 16 heavy (non-hydrogen) atoms. The van der Waals surface area contributed by atoms with E-state index < -0.39 is 9.84 Å². The van der Waals surface area contributed by atoms with Gasteiger partial charge in [0.25, 0.3) is 0 Å². The molecule has 2 nitrogen and oxygen atoms in total. The van der Waals surface area contributed by atoms with Gasteiger partial charge in [-0.3, -0.25) is 0 Å². The Hall–Kier alpha value is -1.61. The van der Waals surface area contributed by atoms with Crippen LogP contribution in [0.15, 0.2) is 64.9 Å². The minimum atomic E-state index is -3.40. The molecule has 0 saturated heterocycles. The number of benzene rings is 1. The Balaban J connectivity index is 2.79. The number of fused-ring (bicyclic) bond motifs is 1. The van der Waals surface area contributed by atoms with E-state index in [9.17, 15) is 8.42 Å². The van der Waals surface area contributed by atoms with Crippen molar-refractivity contribution in [1.82, 2.24) is 0 Å². The number of rotatable bonds is 2. The first kappa shape index (κ1) is 10.9. The SMILES string of the molecule is C=CC1=C(C=C)S(=O)(=O)c2ccccc2C1. The van der Waals surface area contributed by atoms with Gasteiger partial charge >= 0.3 is 0 Å². The van der Waals surface area contributed by atoms with E-state index in [2.05, 4.69) is 13.2 Å². The van der Waals surface area contributed by atoms with Gasteiger partial charge in [-0.05, 0) is 17.2 Å². The summed E-state index contributed by atoms with van der Waals surface area (Å²) >= 11 is 0. The van der Waals surface area contributed by atoms with E-state index in [4.69, 9.17) is 0 Å². The monoisotopic (exact) mass is 232 g/mol. The van der Waals surface area contributed by atoms with Crippen molar-refractivity contribution >= 4 is 9.84 Å². The summed E-state index contributed by atoms with van der Waals surface area (Å²) in [6.07, 6.45) is 3.58. The summed E-state index contributed by atoms with van der Waals surface area (Å²) in [5.41, 5.74) is 1.54. The first-order valence-electron chi connectivity index (χ1n) is 4.92. The third kappa shape index (κ3) is 1.44. The van der Waals surface area contributed by atoms with Crippen molar-refractivity contribution in [2.75, 3.05) is 0 Å². The van der Waals surface area contributed by atoms with Gasteiger partial charge < -0.3 is 0 Å². The highest BCUT2D eigenvalue weighted by atomic mass is 32.2. The zero-order valence-corrected chi connectivity index (χ0v) is 9.63. The molecule has 1 aromatic carbocycles. The summed E-state index contributed by atoms with van der Waals surface area (Å²) in [6, 6.07) is 7.04. The normalized spacial score (nSPS) is 17.8. The number of hydrogen-bond donors (Lipinski definition) is 0. The van der Waals surface area contributed by atoms with Crippen LogP contribution in [0.2, 0.25) is 0 Å². The van der Waals surface area contributed by atoms with Gasteiger partial charge in [0.15, 0.2) is 0 Å². The van der Waals surface area contributed by atoms with E-state index in [0.29, 0.717) is 16.9 Å². The molecule has 0 N–H and O–H groups in total. The molecule has 0 amide bonds. The summed E-state index contributed by atoms with van der Waals surface area (Å²) in [4.78, 5) is 0.664. The van der Waals surface area contributed by atoms with E-state index in [1.807, 2.05) is 12.1 Å². The van der Waals surface area contributed by atoms with Crippen LogP contribution in [-0.4, -0.2) is 8.42 Å². The van der Waals surface area contributed by atoms with Gasteiger partial charge in [-0.15, -0.1) is 0 Å². The Labute approximate surface area is 95.5 Å². The maximum absolute atomic E-state index is 12.2. The van der Waals surface area contributed by atoms with E-state index in [-0.39, 0.29) is 4.91 Å². The molecular weight excluding hydrogens is 220 g/mol. The van der Waals surface area contributed by atoms with Gasteiger partial charge in [0.05, 0.1) is 9.80 Å². The molecule has 1 aliphatic heterocycles. The topological polar surface area (TPSA) is 34.1 Å². The molecule has 3 heteroatoms. The van der Waals surface area contributed by atoms with Crippen molar-refractivity contribution < 1.29 is 8.42 Å². The molecule has 0 atom stereocenters. The average molecular weight is 232 g/mol. The molecular formula is C13H12O2S. The molecule has 1 heterocycles. The first-order chi connectivity index (χ1) is 7.61. The molecule has 0 unspecified atom stereocenters. The zero-order valence-electron chi connectivity index (χ0n) is 8.81. The smallest absolute Gasteiger partial charge is 0.207 e. The minimum Gasteiger partial charge on any atom is -0.218 e. The predicted octanol–water partition coefficient (Wildman–Crippen LogP) is 2.64. The third-order valence-electron chi connectivity index (χ3n) is 2.68. The second kappa shape index (κ2) is 3.76. The lowest BCUT2D eigenvalue weighted by Crippen LogP contribution is -2.14. The number of hydrogen-bond acceptors (Lipinski definition) is 2. The maximum atomic E-state index is 12.2. The second-order valence-corrected chi connectivity index (χ2v) is 5.47. The highest BCUT2D eigenvalue weighted by Gasteiger charge is 2.28. The van der Waals surface area contributed by atoms with Gasteiger partial charge in [-0.25, -0.2) is 8.42 Å². The van der Waals surface area contributed by atoms with Crippen molar-refractivity contribution in [1.29, 1.82) is 0 Å². The van der Waals surface area contributed by atoms with Gasteiger partial charge in [0.1, 0.15) is 0 Å². The lowest BCUT2D eigenvalue weighted by molar-refractivity contribution is 0.600. The van der Waals surface area contributed by atoms with Crippen molar-refractivity contribution in [2.45, 2.75) is 11.3 Å². The van der Waals surface area contributed by atoms with Crippen LogP contribution >= 0.6 is 0 Å². The molecule has 0 aliphatic carbocycles. The van der Waals surface area contributed by atoms with Crippen molar-refractivity contribution in [3.05, 3.63) is 65.6 Å². The zero-order chi connectivity index (χ0) is 11.8. The lowest BCUT2D eigenvalue weighted by Gasteiger charge is -2.19. The fraction of sp³-hybridized carbons (Fsp3) is 0.0769. The molecule has 1 aromatic rings. The average Bonchev–Trinajstić information content (AvgIpc) is 2.28. The molecule has 2 rings (SSSR count). The van der Waals surface area contributed by atoms with Crippen molar-refractivity contribution in [3.8, 4) is 0 Å². The molecule has 1 aliphatic rings. The largest absolute Gasteiger partial charge is 0.218 e. The Morgan fingerprint density at radius 3 is 2.44 bits per heavy atom. The van der Waals surface area contributed by atoms with E-state index in [0.717, 1.165) is 5.56 Å². The predicted molar refractivity (Wildman–Crippen MR) is 64.8 cm³/mol. The fourth-order valence-electron chi connectivity index (χ4n) is 1.91. The van der Waals surface area contributed by atoms with Crippen molar-refractivity contribution in [2.24, 2.45) is 0 Å². The van der Waals surface area contributed by atoms with Gasteiger partial charge in [-0.2, -0.15) is 0 Å². The summed E-state index contributed by atoms with van der Waals surface area (Å²) in [5.74, 6) is 0. The number of allylic oxidation sites excluding steroid dienone is 3. The summed E-state index contributed by atoms with van der Waals surface area (Å²) < 4.78 is 24.5. The van der Waals surface area contributed by atoms with Crippen LogP contribution in [0.3, 0.4) is 0 Å².